The number of nitrogens with one attached hydrogen (secondary N) is 2. The number of halogens is 3. The van der Waals surface area contributed by atoms with Crippen LogP contribution in [0.25, 0.3) is 11.3 Å². The molecule has 1 aromatic heterocycles. The van der Waals surface area contributed by atoms with Crippen molar-refractivity contribution in [2.45, 2.75) is 39.4 Å². The average Bonchev–Trinajstić information content (AvgIpc) is 2.96. The molecule has 0 fully saturated rings. The van der Waals surface area contributed by atoms with Gasteiger partial charge in [0, 0.05) is 22.4 Å². The van der Waals surface area contributed by atoms with E-state index in [0.29, 0.717) is 28.1 Å². The number of benzene rings is 3. The highest BCUT2D eigenvalue weighted by molar-refractivity contribution is 7.98. The van der Waals surface area contributed by atoms with Crippen LogP contribution in [0.2, 0.25) is 0 Å². The Balaban J connectivity index is 0.00000189. The van der Waals surface area contributed by atoms with Crippen LogP contribution in [0, 0.1) is 31.3 Å². The summed E-state index contributed by atoms with van der Waals surface area (Å²) >= 11 is 1.20. The van der Waals surface area contributed by atoms with Gasteiger partial charge in [-0.3, -0.25) is 4.79 Å². The third-order valence-corrected chi connectivity index (χ3v) is 6.87. The summed E-state index contributed by atoms with van der Waals surface area (Å²) in [6.07, 6.45) is 1.74. The van der Waals surface area contributed by atoms with E-state index in [1.54, 1.807) is 31.4 Å². The van der Waals surface area contributed by atoms with Gasteiger partial charge < -0.3 is 10.6 Å². The molecule has 0 atom stereocenters. The highest BCUT2D eigenvalue weighted by Gasteiger charge is 2.34. The molecule has 212 valence electrons. The van der Waals surface area contributed by atoms with Crippen molar-refractivity contribution in [3.63, 3.8) is 0 Å². The molecule has 11 heteroatoms. The molecule has 5 rings (SSSR count). The molecule has 41 heavy (non-hydrogen) atoms. The molecule has 3 amide bonds. The van der Waals surface area contributed by atoms with Gasteiger partial charge in [-0.15, -0.1) is 0 Å². The molecule has 0 spiro atoms. The molecule has 2 N–H and O–H groups in total. The molecule has 1 aliphatic rings. The zero-order valence-electron chi connectivity index (χ0n) is 23.1. The zero-order chi connectivity index (χ0) is 29.8. The van der Waals surface area contributed by atoms with Crippen molar-refractivity contribution in [1.82, 2.24) is 15.3 Å². The number of nitrogens with zero attached hydrogens (tertiary/aromatic N) is 3. The summed E-state index contributed by atoms with van der Waals surface area (Å²) in [5.41, 5.74) is 2.76. The summed E-state index contributed by atoms with van der Waals surface area (Å²) < 4.78 is 43.5. The van der Waals surface area contributed by atoms with Gasteiger partial charge in [-0.1, -0.05) is 43.8 Å². The SMILES string of the molecule is CC.CSc1nc(-c2cc(NC(=O)c3ccc(C)c(F)c3)ccc2C)c2c(n1)N(c1c(F)cccc1F)C(=O)NC2. The van der Waals surface area contributed by atoms with Gasteiger partial charge in [-0.05, 0) is 67.6 Å². The molecular formula is C30H28F3N5O2S. The van der Waals surface area contributed by atoms with Crippen LogP contribution in [0.5, 0.6) is 0 Å². The van der Waals surface area contributed by atoms with Crippen LogP contribution in [0.15, 0.2) is 59.8 Å². The van der Waals surface area contributed by atoms with E-state index in [1.165, 1.54) is 36.0 Å². The molecule has 4 aromatic rings. The normalized spacial score (nSPS) is 12.2. The number of fused-ring (bicyclic) bond motifs is 1. The topological polar surface area (TPSA) is 87.2 Å². The zero-order valence-corrected chi connectivity index (χ0v) is 23.9. The number of anilines is 3. The first-order valence-corrected chi connectivity index (χ1v) is 14.1. The molecule has 0 bridgehead atoms. The molecule has 1 aliphatic heterocycles. The first kappa shape index (κ1) is 29.6. The molecule has 2 heterocycles. The number of amides is 3. The number of carbonyl (C=O) groups is 2. The maximum atomic E-state index is 14.8. The number of thioether (sulfide) groups is 1. The van der Waals surface area contributed by atoms with E-state index >= 15 is 0 Å². The summed E-state index contributed by atoms with van der Waals surface area (Å²) in [6.45, 7) is 7.47. The molecule has 0 aliphatic carbocycles. The maximum Gasteiger partial charge on any atom is 0.328 e. The molecule has 0 saturated carbocycles. The Morgan fingerprint density at radius 1 is 0.951 bits per heavy atom. The van der Waals surface area contributed by atoms with Gasteiger partial charge in [0.05, 0.1) is 12.2 Å². The second kappa shape index (κ2) is 12.4. The summed E-state index contributed by atoms with van der Waals surface area (Å²) in [5, 5.41) is 5.70. The lowest BCUT2D eigenvalue weighted by molar-refractivity contribution is 0.102. The van der Waals surface area contributed by atoms with E-state index in [-0.39, 0.29) is 23.1 Å². The maximum absolute atomic E-state index is 14.8. The number of para-hydroxylation sites is 1. The Kier molecular flexibility index (Phi) is 8.97. The molecule has 0 radical (unpaired) electrons. The van der Waals surface area contributed by atoms with E-state index in [2.05, 4.69) is 20.6 Å². The van der Waals surface area contributed by atoms with Crippen LogP contribution >= 0.6 is 11.8 Å². The third-order valence-electron chi connectivity index (χ3n) is 6.32. The van der Waals surface area contributed by atoms with Gasteiger partial charge >= 0.3 is 6.03 Å². The predicted molar refractivity (Wildman–Crippen MR) is 155 cm³/mol. The van der Waals surface area contributed by atoms with Gasteiger partial charge in [-0.25, -0.2) is 32.8 Å². The van der Waals surface area contributed by atoms with Crippen LogP contribution < -0.4 is 15.5 Å². The van der Waals surface area contributed by atoms with Gasteiger partial charge in [0.1, 0.15) is 23.1 Å². The number of carbonyl (C=O) groups excluding carboxylic acids is 2. The quantitative estimate of drug-likeness (QED) is 0.188. The lowest BCUT2D eigenvalue weighted by Crippen LogP contribution is -2.43. The van der Waals surface area contributed by atoms with Crippen LogP contribution in [0.4, 0.5) is 35.2 Å². The number of aromatic nitrogens is 2. The van der Waals surface area contributed by atoms with Gasteiger partial charge in [0.25, 0.3) is 5.91 Å². The van der Waals surface area contributed by atoms with Gasteiger partial charge in [-0.2, -0.15) is 0 Å². The van der Waals surface area contributed by atoms with Crippen molar-refractivity contribution in [2.24, 2.45) is 0 Å². The fourth-order valence-electron chi connectivity index (χ4n) is 4.26. The summed E-state index contributed by atoms with van der Waals surface area (Å²) in [5.74, 6) is -2.76. The van der Waals surface area contributed by atoms with Gasteiger partial charge in [0.2, 0.25) is 0 Å². The van der Waals surface area contributed by atoms with Crippen LogP contribution in [0.3, 0.4) is 0 Å². The lowest BCUT2D eigenvalue weighted by Gasteiger charge is -2.30. The highest BCUT2D eigenvalue weighted by Crippen LogP contribution is 2.39. The minimum absolute atomic E-state index is 0.0173. The molecule has 3 aromatic carbocycles. The molecule has 7 nitrogen and oxygen atoms in total. The Labute approximate surface area is 240 Å². The highest BCUT2D eigenvalue weighted by atomic mass is 32.2. The van der Waals surface area contributed by atoms with Crippen LogP contribution in [-0.4, -0.2) is 28.2 Å². The van der Waals surface area contributed by atoms with Crippen molar-refractivity contribution >= 4 is 40.9 Å². The minimum Gasteiger partial charge on any atom is -0.333 e. The van der Waals surface area contributed by atoms with Crippen molar-refractivity contribution in [3.8, 4) is 11.3 Å². The third kappa shape index (κ3) is 5.90. The van der Waals surface area contributed by atoms with Crippen LogP contribution in [0.1, 0.15) is 40.9 Å². The van der Waals surface area contributed by atoms with Crippen molar-refractivity contribution < 1.29 is 22.8 Å². The molecule has 0 saturated heterocycles. The number of hydrogen-bond acceptors (Lipinski definition) is 5. The Bertz CT molecular complexity index is 1630. The lowest BCUT2D eigenvalue weighted by atomic mass is 9.99. The van der Waals surface area contributed by atoms with Crippen molar-refractivity contribution in [3.05, 3.63) is 94.3 Å². The predicted octanol–water partition coefficient (Wildman–Crippen LogP) is 7.54. The second-order valence-electron chi connectivity index (χ2n) is 8.87. The fraction of sp³-hybridized carbons (Fsp3) is 0.200. The first-order chi connectivity index (χ1) is 19.7. The van der Waals surface area contributed by atoms with E-state index in [0.717, 1.165) is 22.6 Å². The largest absolute Gasteiger partial charge is 0.333 e. The summed E-state index contributed by atoms with van der Waals surface area (Å²) in [4.78, 5) is 35.7. The van der Waals surface area contributed by atoms with Crippen LogP contribution in [-0.2, 0) is 6.54 Å². The minimum atomic E-state index is -0.919. The fourth-order valence-corrected chi connectivity index (χ4v) is 4.62. The standard InChI is InChI=1S/C28H22F3N5O2S.C2H6/c1-14-8-10-17(33-26(37)16-9-7-15(2)22(31)11-16)12-18(14)23-19-13-32-28(38)36(25(19)35-27(34-23)39-3)24-20(29)5-4-6-21(24)30;1-2/h4-12H,13H2,1-3H3,(H,32,38)(H,33,37);1-2H3. The summed E-state index contributed by atoms with van der Waals surface area (Å²) in [7, 11) is 0. The van der Waals surface area contributed by atoms with E-state index < -0.39 is 35.1 Å². The average molecular weight is 580 g/mol. The number of rotatable bonds is 5. The van der Waals surface area contributed by atoms with Crippen molar-refractivity contribution in [1.29, 1.82) is 0 Å². The molecule has 0 unspecified atom stereocenters. The smallest absolute Gasteiger partial charge is 0.328 e. The Morgan fingerprint density at radius 3 is 2.29 bits per heavy atom. The van der Waals surface area contributed by atoms with Crippen molar-refractivity contribution in [2.75, 3.05) is 16.5 Å². The van der Waals surface area contributed by atoms with E-state index in [4.69, 9.17) is 0 Å². The van der Waals surface area contributed by atoms with E-state index in [9.17, 15) is 22.8 Å². The number of hydrogen-bond donors (Lipinski definition) is 2. The number of aryl methyl sites for hydroxylation is 2. The second-order valence-corrected chi connectivity index (χ2v) is 9.65. The number of urea groups is 1. The Hall–Kier alpha value is -4.38. The monoisotopic (exact) mass is 579 g/mol. The Morgan fingerprint density at radius 2 is 1.63 bits per heavy atom. The molecular weight excluding hydrogens is 551 g/mol. The summed E-state index contributed by atoms with van der Waals surface area (Å²) in [6, 6.07) is 12.0. The van der Waals surface area contributed by atoms with E-state index in [1.807, 2.05) is 20.8 Å². The first-order valence-electron chi connectivity index (χ1n) is 12.8. The van der Waals surface area contributed by atoms with Gasteiger partial charge in [0.15, 0.2) is 11.0 Å².